The van der Waals surface area contributed by atoms with Gasteiger partial charge in [-0.1, -0.05) is 19.1 Å². The van der Waals surface area contributed by atoms with Gasteiger partial charge in [-0.3, -0.25) is 10.1 Å². The van der Waals surface area contributed by atoms with Crippen molar-refractivity contribution in [3.05, 3.63) is 71.9 Å². The predicted octanol–water partition coefficient (Wildman–Crippen LogP) is 3.38. The number of carbonyl (C=O) groups is 2. The van der Waals surface area contributed by atoms with E-state index in [1.165, 1.54) is 0 Å². The first-order valence-corrected chi connectivity index (χ1v) is 9.25. The number of urea groups is 1. The van der Waals surface area contributed by atoms with Gasteiger partial charge in [0.15, 0.2) is 0 Å². The van der Waals surface area contributed by atoms with Crippen molar-refractivity contribution in [2.75, 3.05) is 11.9 Å². The molecule has 0 atom stereocenters. The summed E-state index contributed by atoms with van der Waals surface area (Å²) in [5.41, 5.74) is 12.9. The summed E-state index contributed by atoms with van der Waals surface area (Å²) in [6, 6.07) is 4.65. The zero-order valence-electron chi connectivity index (χ0n) is 16.7. The monoisotopic (exact) mass is 397 g/mol. The molecule has 154 valence electrons. The van der Waals surface area contributed by atoms with Crippen molar-refractivity contribution in [2.45, 2.75) is 26.8 Å². The molecule has 0 fully saturated rings. The average molecular weight is 397 g/mol. The molecule has 2 heterocycles. The number of ether oxygens (including phenoxy) is 1. The van der Waals surface area contributed by atoms with Crippen molar-refractivity contribution in [3.63, 3.8) is 0 Å². The largest absolute Gasteiger partial charge is 0.491 e. The number of hydrogen-bond donors (Lipinski definition) is 4. The van der Waals surface area contributed by atoms with Gasteiger partial charge >= 0.3 is 6.03 Å². The smallest absolute Gasteiger partial charge is 0.317 e. The fraction of sp³-hybridized carbons (Fsp3) is 0.238. The van der Waals surface area contributed by atoms with Gasteiger partial charge in [-0.05, 0) is 43.7 Å². The molecule has 0 aliphatic heterocycles. The molecule has 8 heteroatoms. The van der Waals surface area contributed by atoms with Crippen molar-refractivity contribution in [1.82, 2.24) is 9.55 Å². The van der Waals surface area contributed by atoms with Crippen LogP contribution >= 0.6 is 0 Å². The van der Waals surface area contributed by atoms with Gasteiger partial charge in [0, 0.05) is 18.0 Å². The molecule has 0 aliphatic carbocycles. The number of primary amides is 2. The fourth-order valence-electron chi connectivity index (χ4n) is 2.70. The van der Waals surface area contributed by atoms with Crippen LogP contribution in [0.2, 0.25) is 0 Å². The van der Waals surface area contributed by atoms with Crippen LogP contribution in [0.4, 0.5) is 10.6 Å². The molecule has 2 aromatic heterocycles. The predicted molar refractivity (Wildman–Crippen MR) is 114 cm³/mol. The van der Waals surface area contributed by atoms with Crippen LogP contribution in [0.3, 0.4) is 0 Å². The highest BCUT2D eigenvalue weighted by molar-refractivity contribution is 6.03. The molecule has 0 unspecified atom stereocenters. The third-order valence-electron chi connectivity index (χ3n) is 4.22. The van der Waals surface area contributed by atoms with Crippen LogP contribution < -0.4 is 16.8 Å². The maximum atomic E-state index is 11.8. The zero-order chi connectivity index (χ0) is 21.4. The minimum absolute atomic E-state index is 0.120. The van der Waals surface area contributed by atoms with E-state index < -0.39 is 11.9 Å². The Balaban J connectivity index is 2.36. The topological polar surface area (TPSA) is 128 Å². The number of amides is 3. The Morgan fingerprint density at radius 2 is 2.00 bits per heavy atom. The number of nitrogens with one attached hydrogen (secondary N) is 2. The van der Waals surface area contributed by atoms with E-state index in [4.69, 9.17) is 16.2 Å². The van der Waals surface area contributed by atoms with E-state index in [0.29, 0.717) is 30.2 Å². The second-order valence-electron chi connectivity index (χ2n) is 6.32. The number of nitrogens with zero attached hydrogens (tertiary/aromatic N) is 1. The third kappa shape index (κ3) is 5.90. The number of hydrogen-bond acceptors (Lipinski definition) is 3. The summed E-state index contributed by atoms with van der Waals surface area (Å²) in [6.45, 7) is 9.00. The van der Waals surface area contributed by atoms with Gasteiger partial charge in [-0.2, -0.15) is 0 Å². The van der Waals surface area contributed by atoms with Gasteiger partial charge in [0.1, 0.15) is 18.2 Å². The number of aromatic amines is 1. The van der Waals surface area contributed by atoms with Gasteiger partial charge in [-0.15, -0.1) is 0 Å². The summed E-state index contributed by atoms with van der Waals surface area (Å²) in [7, 11) is 0. The Kier molecular flexibility index (Phi) is 7.47. The average Bonchev–Trinajstić information content (AvgIpc) is 3.33. The molecule has 6 N–H and O–H groups in total. The first-order valence-electron chi connectivity index (χ1n) is 9.25. The minimum Gasteiger partial charge on any atom is -0.491 e. The van der Waals surface area contributed by atoms with Gasteiger partial charge < -0.3 is 25.8 Å². The Morgan fingerprint density at radius 3 is 2.55 bits per heavy atom. The van der Waals surface area contributed by atoms with Crippen LogP contribution in [0, 0.1) is 0 Å². The molecular formula is C21H27N5O3. The maximum Gasteiger partial charge on any atom is 0.317 e. The number of aromatic nitrogens is 2. The molecule has 2 aromatic rings. The van der Waals surface area contributed by atoms with Crippen molar-refractivity contribution in [2.24, 2.45) is 11.5 Å². The summed E-state index contributed by atoms with van der Waals surface area (Å²) < 4.78 is 8.01. The van der Waals surface area contributed by atoms with Gasteiger partial charge in [0.25, 0.3) is 5.91 Å². The molecule has 0 saturated carbocycles. The lowest BCUT2D eigenvalue weighted by atomic mass is 10.0. The van der Waals surface area contributed by atoms with Crippen molar-refractivity contribution in [1.29, 1.82) is 0 Å². The molecule has 3 amide bonds. The van der Waals surface area contributed by atoms with E-state index in [9.17, 15) is 9.59 Å². The Morgan fingerprint density at radius 1 is 1.31 bits per heavy atom. The summed E-state index contributed by atoms with van der Waals surface area (Å²) in [4.78, 5) is 26.0. The lowest BCUT2D eigenvalue weighted by Crippen LogP contribution is -2.22. The first-order chi connectivity index (χ1) is 13.8. The highest BCUT2D eigenvalue weighted by atomic mass is 16.5. The van der Waals surface area contributed by atoms with E-state index in [1.54, 1.807) is 6.07 Å². The van der Waals surface area contributed by atoms with Crippen LogP contribution in [0.25, 0.3) is 5.57 Å². The Bertz CT molecular complexity index is 936. The van der Waals surface area contributed by atoms with Crippen molar-refractivity contribution >= 4 is 23.3 Å². The highest BCUT2D eigenvalue weighted by Crippen LogP contribution is 2.29. The van der Waals surface area contributed by atoms with Crippen LogP contribution in [0.1, 0.15) is 36.3 Å². The standard InChI is InChI=1S/C21H27N5O3/c1-4-14(3)12-15(18(5-2)29-11-10-26-8-6-7-9-26)17-13-16(19(22)27)20(24-17)25-21(23)28/h5-9,12-13,24H,3-4,10-11H2,1-2H3,(H2,22,27)(H3,23,25,28)/b15-12-,18-5+. The van der Waals surface area contributed by atoms with Gasteiger partial charge in [0.2, 0.25) is 0 Å². The molecule has 2 rings (SSSR count). The molecule has 0 radical (unpaired) electrons. The number of H-pyrrole nitrogens is 1. The molecule has 0 aliphatic rings. The second-order valence-corrected chi connectivity index (χ2v) is 6.32. The van der Waals surface area contributed by atoms with Crippen molar-refractivity contribution < 1.29 is 14.3 Å². The van der Waals surface area contributed by atoms with E-state index in [-0.39, 0.29) is 11.4 Å². The van der Waals surface area contributed by atoms with Crippen LogP contribution in [0.5, 0.6) is 0 Å². The summed E-state index contributed by atoms with van der Waals surface area (Å²) in [5, 5.41) is 2.39. The van der Waals surface area contributed by atoms with Gasteiger partial charge in [0.05, 0.1) is 17.8 Å². The molecule has 0 bridgehead atoms. The number of allylic oxidation sites excluding steroid dienone is 4. The maximum absolute atomic E-state index is 11.8. The molecule has 29 heavy (non-hydrogen) atoms. The summed E-state index contributed by atoms with van der Waals surface area (Å²) in [5.74, 6) is 0.0472. The minimum atomic E-state index is -0.807. The van der Waals surface area contributed by atoms with E-state index in [2.05, 4.69) is 16.9 Å². The Labute approximate surface area is 169 Å². The van der Waals surface area contributed by atoms with Crippen LogP contribution in [-0.2, 0) is 11.3 Å². The van der Waals surface area contributed by atoms with Gasteiger partial charge in [-0.25, -0.2) is 4.79 Å². The quantitative estimate of drug-likeness (QED) is 0.362. The normalized spacial score (nSPS) is 11.9. The summed E-state index contributed by atoms with van der Waals surface area (Å²) >= 11 is 0. The molecule has 8 nitrogen and oxygen atoms in total. The van der Waals surface area contributed by atoms with E-state index in [1.807, 2.05) is 55.1 Å². The number of rotatable bonds is 10. The molecule has 0 aromatic carbocycles. The lowest BCUT2D eigenvalue weighted by molar-refractivity contribution is 0.100. The van der Waals surface area contributed by atoms with E-state index in [0.717, 1.165) is 12.0 Å². The fourth-order valence-corrected chi connectivity index (χ4v) is 2.70. The molecular weight excluding hydrogens is 370 g/mol. The number of anilines is 1. The lowest BCUT2D eigenvalue weighted by Gasteiger charge is -2.14. The zero-order valence-corrected chi connectivity index (χ0v) is 16.7. The van der Waals surface area contributed by atoms with Crippen LogP contribution in [0.15, 0.2) is 60.7 Å². The third-order valence-corrected chi connectivity index (χ3v) is 4.22. The number of nitrogens with two attached hydrogens (primary N) is 2. The van der Waals surface area contributed by atoms with Crippen LogP contribution in [-0.4, -0.2) is 28.1 Å². The second kappa shape index (κ2) is 10.0. The first kappa shape index (κ1) is 21.6. The number of carbonyl (C=O) groups excluding carboxylic acids is 2. The van der Waals surface area contributed by atoms with Crippen molar-refractivity contribution in [3.8, 4) is 0 Å². The Hall–Kier alpha value is -3.68. The van der Waals surface area contributed by atoms with E-state index >= 15 is 0 Å². The molecule has 0 spiro atoms. The highest BCUT2D eigenvalue weighted by Gasteiger charge is 2.19. The SMILES string of the molecule is C=C(/C=C(\C(=C/C)OCCn1cccc1)c1cc(C(N)=O)c(NC(N)=O)[nH]1)CC. The summed E-state index contributed by atoms with van der Waals surface area (Å²) in [6.07, 6.45) is 8.35. The molecule has 0 saturated heterocycles.